The maximum atomic E-state index is 12.4. The maximum Gasteiger partial charge on any atom is 0.410 e. The third-order valence-corrected chi connectivity index (χ3v) is 4.45. The van der Waals surface area contributed by atoms with Gasteiger partial charge < -0.3 is 9.64 Å². The summed E-state index contributed by atoms with van der Waals surface area (Å²) in [7, 11) is 0. The van der Waals surface area contributed by atoms with Crippen LogP contribution < -0.4 is 4.90 Å². The van der Waals surface area contributed by atoms with Crippen molar-refractivity contribution in [3.05, 3.63) is 29.8 Å². The number of hydrogen-bond donors (Lipinski definition) is 0. The van der Waals surface area contributed by atoms with Crippen LogP contribution in [0, 0.1) is 11.3 Å². The normalized spacial score (nSPS) is 19.4. The number of nitriles is 1. The van der Waals surface area contributed by atoms with Crippen LogP contribution in [-0.2, 0) is 4.74 Å². The SMILES string of the molecule is CC(C)(C)OC(=O)N1CCN(c2ccc(C#N)cc2)CC12CC2. The second-order valence-corrected chi connectivity index (χ2v) is 7.44. The van der Waals surface area contributed by atoms with Crippen molar-refractivity contribution >= 4 is 11.8 Å². The highest BCUT2D eigenvalue weighted by molar-refractivity contribution is 5.71. The molecular formula is C18H23N3O2. The fourth-order valence-electron chi connectivity index (χ4n) is 3.12. The van der Waals surface area contributed by atoms with Crippen LogP contribution in [0.3, 0.4) is 0 Å². The van der Waals surface area contributed by atoms with Crippen molar-refractivity contribution in [2.45, 2.75) is 44.8 Å². The third kappa shape index (κ3) is 3.26. The van der Waals surface area contributed by atoms with Gasteiger partial charge in [0.2, 0.25) is 0 Å². The smallest absolute Gasteiger partial charge is 0.410 e. The molecule has 1 aromatic rings. The van der Waals surface area contributed by atoms with Gasteiger partial charge in [-0.3, -0.25) is 4.90 Å². The lowest BCUT2D eigenvalue weighted by molar-refractivity contribution is 0.0106. The van der Waals surface area contributed by atoms with E-state index in [9.17, 15) is 4.79 Å². The van der Waals surface area contributed by atoms with Gasteiger partial charge in [-0.25, -0.2) is 4.79 Å². The molecule has 0 bridgehead atoms. The molecule has 3 rings (SSSR count). The molecule has 1 saturated carbocycles. The molecule has 0 unspecified atom stereocenters. The summed E-state index contributed by atoms with van der Waals surface area (Å²) in [5.74, 6) is 0. The predicted molar refractivity (Wildman–Crippen MR) is 88.3 cm³/mol. The zero-order valence-corrected chi connectivity index (χ0v) is 14.0. The summed E-state index contributed by atoms with van der Waals surface area (Å²) in [5.41, 5.74) is 1.24. The Kier molecular flexibility index (Phi) is 3.71. The van der Waals surface area contributed by atoms with Crippen molar-refractivity contribution in [2.24, 2.45) is 0 Å². The van der Waals surface area contributed by atoms with E-state index in [1.807, 2.05) is 49.9 Å². The number of hydrogen-bond acceptors (Lipinski definition) is 4. The molecule has 0 N–H and O–H groups in total. The van der Waals surface area contributed by atoms with Crippen molar-refractivity contribution < 1.29 is 9.53 Å². The average molecular weight is 313 g/mol. The van der Waals surface area contributed by atoms with E-state index in [1.165, 1.54) is 0 Å². The molecule has 1 saturated heterocycles. The van der Waals surface area contributed by atoms with Crippen molar-refractivity contribution in [3.63, 3.8) is 0 Å². The van der Waals surface area contributed by atoms with Crippen LogP contribution in [0.1, 0.15) is 39.2 Å². The first kappa shape index (κ1) is 15.7. The minimum Gasteiger partial charge on any atom is -0.444 e. The Labute approximate surface area is 137 Å². The van der Waals surface area contributed by atoms with Gasteiger partial charge in [-0.05, 0) is 57.9 Å². The van der Waals surface area contributed by atoms with E-state index < -0.39 is 5.60 Å². The molecule has 1 amide bonds. The number of rotatable bonds is 1. The zero-order chi connectivity index (χ0) is 16.7. The standard InChI is InChI=1S/C18H23N3O2/c1-17(2,3)23-16(22)21-11-10-20(13-18(21)8-9-18)15-6-4-14(12-19)5-7-15/h4-7H,8-11,13H2,1-3H3. The minimum atomic E-state index is -0.461. The van der Waals surface area contributed by atoms with Crippen LogP contribution >= 0.6 is 0 Å². The number of carbonyl (C=O) groups is 1. The summed E-state index contributed by atoms with van der Waals surface area (Å²) >= 11 is 0. The molecule has 2 aliphatic rings. The lowest BCUT2D eigenvalue weighted by Gasteiger charge is -2.43. The molecule has 1 heterocycles. The highest BCUT2D eigenvalue weighted by atomic mass is 16.6. The molecular weight excluding hydrogens is 290 g/mol. The number of anilines is 1. The van der Waals surface area contributed by atoms with Crippen LogP contribution in [0.15, 0.2) is 24.3 Å². The van der Waals surface area contributed by atoms with Gasteiger partial charge in [0.05, 0.1) is 17.2 Å². The highest BCUT2D eigenvalue weighted by Gasteiger charge is 2.54. The third-order valence-electron chi connectivity index (χ3n) is 4.45. The summed E-state index contributed by atoms with van der Waals surface area (Å²) in [6, 6.07) is 9.79. The molecule has 5 heteroatoms. The van der Waals surface area contributed by atoms with E-state index in [4.69, 9.17) is 10.00 Å². The summed E-state index contributed by atoms with van der Waals surface area (Å²) in [6.07, 6.45) is 1.85. The zero-order valence-electron chi connectivity index (χ0n) is 14.0. The van der Waals surface area contributed by atoms with Crippen molar-refractivity contribution in [1.82, 2.24) is 4.90 Å². The van der Waals surface area contributed by atoms with Gasteiger partial charge in [-0.15, -0.1) is 0 Å². The Balaban J connectivity index is 1.71. The number of nitrogens with zero attached hydrogens (tertiary/aromatic N) is 3. The molecule has 0 atom stereocenters. The van der Waals surface area contributed by atoms with Gasteiger partial charge >= 0.3 is 6.09 Å². The summed E-state index contributed by atoms with van der Waals surface area (Å²) in [6.45, 7) is 7.99. The van der Waals surface area contributed by atoms with E-state index in [0.717, 1.165) is 31.6 Å². The number of carbonyl (C=O) groups excluding carboxylic acids is 1. The van der Waals surface area contributed by atoms with Gasteiger partial charge in [0, 0.05) is 25.3 Å². The number of piperazine rings is 1. The van der Waals surface area contributed by atoms with E-state index >= 15 is 0 Å². The first-order valence-corrected chi connectivity index (χ1v) is 8.09. The van der Waals surface area contributed by atoms with Crippen molar-refractivity contribution in [1.29, 1.82) is 5.26 Å². The van der Waals surface area contributed by atoms with Gasteiger partial charge in [-0.1, -0.05) is 0 Å². The van der Waals surface area contributed by atoms with Crippen molar-refractivity contribution in [2.75, 3.05) is 24.5 Å². The Bertz CT molecular complexity index is 636. The summed E-state index contributed by atoms with van der Waals surface area (Å²) < 4.78 is 5.56. The molecule has 1 aliphatic heterocycles. The quantitative estimate of drug-likeness (QED) is 0.799. The first-order valence-electron chi connectivity index (χ1n) is 8.09. The molecule has 1 aliphatic carbocycles. The molecule has 1 spiro atoms. The van der Waals surface area contributed by atoms with Crippen LogP contribution in [0.4, 0.5) is 10.5 Å². The molecule has 23 heavy (non-hydrogen) atoms. The van der Waals surface area contributed by atoms with Gasteiger partial charge in [0.1, 0.15) is 5.60 Å². The minimum absolute atomic E-state index is 0.0749. The highest BCUT2D eigenvalue weighted by Crippen LogP contribution is 2.45. The topological polar surface area (TPSA) is 56.6 Å². The second-order valence-electron chi connectivity index (χ2n) is 7.44. The van der Waals surface area contributed by atoms with Crippen LogP contribution in [-0.4, -0.2) is 41.8 Å². The average Bonchev–Trinajstić information content (AvgIpc) is 3.25. The van der Waals surface area contributed by atoms with Gasteiger partial charge in [0.25, 0.3) is 0 Å². The molecule has 122 valence electrons. The fraction of sp³-hybridized carbons (Fsp3) is 0.556. The largest absolute Gasteiger partial charge is 0.444 e. The predicted octanol–water partition coefficient (Wildman–Crippen LogP) is 3.15. The van der Waals surface area contributed by atoms with Crippen LogP contribution in [0.2, 0.25) is 0 Å². The first-order chi connectivity index (χ1) is 10.8. The molecule has 2 fully saturated rings. The van der Waals surface area contributed by atoms with E-state index in [-0.39, 0.29) is 11.6 Å². The Morgan fingerprint density at radius 3 is 2.39 bits per heavy atom. The molecule has 0 radical (unpaired) electrons. The Hall–Kier alpha value is -2.22. The monoisotopic (exact) mass is 313 g/mol. The van der Waals surface area contributed by atoms with Gasteiger partial charge in [0.15, 0.2) is 0 Å². The maximum absolute atomic E-state index is 12.4. The lowest BCUT2D eigenvalue weighted by atomic mass is 10.1. The van der Waals surface area contributed by atoms with E-state index in [0.29, 0.717) is 12.1 Å². The van der Waals surface area contributed by atoms with E-state index in [2.05, 4.69) is 11.0 Å². The van der Waals surface area contributed by atoms with Crippen LogP contribution in [0.5, 0.6) is 0 Å². The Morgan fingerprint density at radius 2 is 1.87 bits per heavy atom. The summed E-state index contributed by atoms with van der Waals surface area (Å²) in [5, 5.41) is 8.90. The van der Waals surface area contributed by atoms with Crippen molar-refractivity contribution in [3.8, 4) is 6.07 Å². The second kappa shape index (κ2) is 5.45. The van der Waals surface area contributed by atoms with Crippen LogP contribution in [0.25, 0.3) is 0 Å². The molecule has 0 aromatic heterocycles. The molecule has 5 nitrogen and oxygen atoms in total. The summed E-state index contributed by atoms with van der Waals surface area (Å²) in [4.78, 5) is 16.7. The molecule has 1 aromatic carbocycles. The Morgan fingerprint density at radius 1 is 1.22 bits per heavy atom. The van der Waals surface area contributed by atoms with Gasteiger partial charge in [-0.2, -0.15) is 5.26 Å². The number of ether oxygens (including phenoxy) is 1. The number of benzene rings is 1. The number of amides is 1. The lowest BCUT2D eigenvalue weighted by Crippen LogP contribution is -2.58. The fourth-order valence-corrected chi connectivity index (χ4v) is 3.12. The van der Waals surface area contributed by atoms with E-state index in [1.54, 1.807) is 0 Å².